The number of hydrogen-bond acceptors (Lipinski definition) is 6. The van der Waals surface area contributed by atoms with Crippen LogP contribution >= 0.6 is 22.9 Å². The second kappa shape index (κ2) is 6.49. The fourth-order valence-corrected chi connectivity index (χ4v) is 3.70. The van der Waals surface area contributed by atoms with Gasteiger partial charge in [0, 0.05) is 19.0 Å². The first kappa shape index (κ1) is 18.0. The van der Waals surface area contributed by atoms with Crippen LogP contribution < -0.4 is 0 Å². The molecule has 3 rings (SSSR count). The summed E-state index contributed by atoms with van der Waals surface area (Å²) < 4.78 is 19.3. The van der Waals surface area contributed by atoms with Crippen LogP contribution in [-0.2, 0) is 4.74 Å². The normalized spacial score (nSPS) is 15.2. The summed E-state index contributed by atoms with van der Waals surface area (Å²) >= 11 is 7.14. The molecule has 0 radical (unpaired) electrons. The summed E-state index contributed by atoms with van der Waals surface area (Å²) in [6.07, 6.45) is 0.725. The largest absolute Gasteiger partial charge is 0.444 e. The van der Waals surface area contributed by atoms with Crippen molar-refractivity contribution in [3.63, 3.8) is 0 Å². The quantitative estimate of drug-likeness (QED) is 0.731. The van der Waals surface area contributed by atoms with Gasteiger partial charge in [-0.3, -0.25) is 0 Å². The number of aryl methyl sites for hydroxylation is 1. The van der Waals surface area contributed by atoms with Crippen LogP contribution in [0.4, 0.5) is 9.18 Å². The lowest BCUT2D eigenvalue weighted by Crippen LogP contribution is -2.50. The van der Waals surface area contributed by atoms with Crippen LogP contribution in [0, 0.1) is 12.7 Å². The molecule has 1 amide bonds. The van der Waals surface area contributed by atoms with Gasteiger partial charge in [-0.1, -0.05) is 0 Å². The van der Waals surface area contributed by atoms with Gasteiger partial charge in [-0.2, -0.15) is 0 Å². The van der Waals surface area contributed by atoms with Crippen LogP contribution in [0.1, 0.15) is 37.4 Å². The number of ether oxygens (including phenoxy) is 1. The van der Waals surface area contributed by atoms with Crippen LogP contribution in [0.15, 0.2) is 6.20 Å². The number of aromatic nitrogens is 3. The molecule has 0 spiro atoms. The smallest absolute Gasteiger partial charge is 0.410 e. The van der Waals surface area contributed by atoms with Gasteiger partial charge in [0.25, 0.3) is 0 Å². The SMILES string of the molecule is Cc1nc(C2CN(C(=O)OC(C)(C)C)C2)sc1-c1nc(Cl)ncc1F. The van der Waals surface area contributed by atoms with Crippen LogP contribution in [-0.4, -0.2) is 44.6 Å². The van der Waals surface area contributed by atoms with Crippen molar-refractivity contribution in [1.29, 1.82) is 0 Å². The van der Waals surface area contributed by atoms with E-state index < -0.39 is 11.4 Å². The molecule has 6 nitrogen and oxygen atoms in total. The van der Waals surface area contributed by atoms with Gasteiger partial charge in [0.15, 0.2) is 5.82 Å². The monoisotopic (exact) mass is 384 g/mol. The second-order valence-corrected chi connectivity index (χ2v) is 8.25. The molecule has 1 saturated heterocycles. The molecule has 0 bridgehead atoms. The number of hydrogen-bond donors (Lipinski definition) is 0. The number of rotatable bonds is 2. The summed E-state index contributed by atoms with van der Waals surface area (Å²) in [4.78, 5) is 26.4. The third-order valence-electron chi connectivity index (χ3n) is 3.63. The van der Waals surface area contributed by atoms with Crippen LogP contribution in [0.3, 0.4) is 0 Å². The average Bonchev–Trinajstić information content (AvgIpc) is 2.79. The van der Waals surface area contributed by atoms with E-state index in [1.54, 1.807) is 11.8 Å². The maximum absolute atomic E-state index is 14.0. The van der Waals surface area contributed by atoms with Crippen molar-refractivity contribution in [3.8, 4) is 10.6 Å². The molecule has 0 N–H and O–H groups in total. The molecule has 9 heteroatoms. The third-order valence-corrected chi connectivity index (χ3v) is 5.13. The van der Waals surface area contributed by atoms with Crippen molar-refractivity contribution in [2.75, 3.05) is 13.1 Å². The van der Waals surface area contributed by atoms with E-state index in [1.165, 1.54) is 11.3 Å². The molecule has 0 unspecified atom stereocenters. The van der Waals surface area contributed by atoms with Crippen LogP contribution in [0.2, 0.25) is 5.28 Å². The summed E-state index contributed by atoms with van der Waals surface area (Å²) in [5, 5.41) is 0.840. The highest BCUT2D eigenvalue weighted by Crippen LogP contribution is 2.37. The van der Waals surface area contributed by atoms with E-state index in [2.05, 4.69) is 15.0 Å². The van der Waals surface area contributed by atoms with E-state index in [1.807, 2.05) is 20.8 Å². The Kier molecular flexibility index (Phi) is 4.68. The number of halogens is 2. The van der Waals surface area contributed by atoms with Crippen molar-refractivity contribution in [3.05, 3.63) is 28.0 Å². The van der Waals surface area contributed by atoms with Crippen molar-refractivity contribution in [1.82, 2.24) is 19.9 Å². The fraction of sp³-hybridized carbons (Fsp3) is 0.500. The predicted octanol–water partition coefficient (Wildman–Crippen LogP) is 4.04. The van der Waals surface area contributed by atoms with Crippen molar-refractivity contribution >= 4 is 29.0 Å². The first-order valence-corrected chi connectivity index (χ1v) is 8.97. The minimum absolute atomic E-state index is 0.00880. The zero-order valence-electron chi connectivity index (χ0n) is 14.3. The number of carbonyl (C=O) groups is 1. The lowest BCUT2D eigenvalue weighted by molar-refractivity contribution is 0.00818. The summed E-state index contributed by atoms with van der Waals surface area (Å²) in [6.45, 7) is 8.37. The van der Waals surface area contributed by atoms with Gasteiger partial charge >= 0.3 is 6.09 Å². The van der Waals surface area contributed by atoms with E-state index in [-0.39, 0.29) is 23.0 Å². The summed E-state index contributed by atoms with van der Waals surface area (Å²) in [5.41, 5.74) is 0.325. The number of carbonyl (C=O) groups excluding carboxylic acids is 1. The molecule has 1 fully saturated rings. The van der Waals surface area contributed by atoms with Gasteiger partial charge in [-0.15, -0.1) is 11.3 Å². The van der Waals surface area contributed by atoms with Gasteiger partial charge in [0.2, 0.25) is 5.28 Å². The summed E-state index contributed by atoms with van der Waals surface area (Å²) in [7, 11) is 0. The molecule has 1 aliphatic rings. The molecule has 0 atom stereocenters. The Hall–Kier alpha value is -1.80. The highest BCUT2D eigenvalue weighted by molar-refractivity contribution is 7.15. The Bertz CT molecular complexity index is 815. The Balaban J connectivity index is 1.73. The molecule has 0 saturated carbocycles. The number of likely N-dealkylation sites (tertiary alicyclic amines) is 1. The Morgan fingerprint density at radius 2 is 2.08 bits per heavy atom. The lowest BCUT2D eigenvalue weighted by Gasteiger charge is -2.38. The molecular formula is C16H18ClFN4O2S. The van der Waals surface area contributed by atoms with E-state index in [0.717, 1.165) is 11.2 Å². The first-order valence-electron chi connectivity index (χ1n) is 7.77. The molecule has 134 valence electrons. The second-order valence-electron chi connectivity index (χ2n) is 6.88. The highest BCUT2D eigenvalue weighted by atomic mass is 35.5. The molecule has 2 aromatic heterocycles. The van der Waals surface area contributed by atoms with Gasteiger partial charge in [0.1, 0.15) is 16.3 Å². The first-order chi connectivity index (χ1) is 11.6. The highest BCUT2D eigenvalue weighted by Gasteiger charge is 2.36. The topological polar surface area (TPSA) is 68.2 Å². The molecule has 25 heavy (non-hydrogen) atoms. The van der Waals surface area contributed by atoms with Crippen molar-refractivity contribution < 1.29 is 13.9 Å². The Labute approximate surface area is 154 Å². The van der Waals surface area contributed by atoms with Gasteiger partial charge in [-0.25, -0.2) is 24.1 Å². The molecule has 0 aromatic carbocycles. The number of nitrogens with zero attached hydrogens (tertiary/aromatic N) is 4. The average molecular weight is 385 g/mol. The van der Waals surface area contributed by atoms with Gasteiger partial charge in [0.05, 0.1) is 16.8 Å². The minimum Gasteiger partial charge on any atom is -0.444 e. The molecular weight excluding hydrogens is 367 g/mol. The Morgan fingerprint density at radius 3 is 2.72 bits per heavy atom. The maximum atomic E-state index is 14.0. The van der Waals surface area contributed by atoms with E-state index in [4.69, 9.17) is 16.3 Å². The lowest BCUT2D eigenvalue weighted by atomic mass is 10.0. The van der Waals surface area contributed by atoms with Crippen LogP contribution in [0.25, 0.3) is 10.6 Å². The zero-order chi connectivity index (χ0) is 18.4. The molecule has 0 aliphatic carbocycles. The van der Waals surface area contributed by atoms with Crippen LogP contribution in [0.5, 0.6) is 0 Å². The fourth-order valence-electron chi connectivity index (χ4n) is 2.43. The standard InChI is InChI=1S/C16H18ClFN4O2S/c1-8-12(11-10(18)5-19-14(17)21-11)25-13(20-8)9-6-22(7-9)15(23)24-16(2,3)4/h5,9H,6-7H2,1-4H3. The molecule has 1 aliphatic heterocycles. The van der Waals surface area contributed by atoms with E-state index >= 15 is 0 Å². The number of amides is 1. The zero-order valence-corrected chi connectivity index (χ0v) is 15.9. The van der Waals surface area contributed by atoms with Gasteiger partial charge < -0.3 is 9.64 Å². The maximum Gasteiger partial charge on any atom is 0.410 e. The minimum atomic E-state index is -0.535. The molecule has 3 heterocycles. The summed E-state index contributed by atoms with van der Waals surface area (Å²) in [5.74, 6) is -0.419. The van der Waals surface area contributed by atoms with E-state index in [0.29, 0.717) is 23.7 Å². The predicted molar refractivity (Wildman–Crippen MR) is 93.4 cm³/mol. The van der Waals surface area contributed by atoms with E-state index in [9.17, 15) is 9.18 Å². The molecule has 2 aromatic rings. The number of thiazole rings is 1. The Morgan fingerprint density at radius 1 is 1.40 bits per heavy atom. The van der Waals surface area contributed by atoms with Gasteiger partial charge in [-0.05, 0) is 39.3 Å². The van der Waals surface area contributed by atoms with Crippen molar-refractivity contribution in [2.45, 2.75) is 39.2 Å². The third kappa shape index (κ3) is 3.90. The summed E-state index contributed by atoms with van der Waals surface area (Å²) in [6, 6.07) is 0. The van der Waals surface area contributed by atoms with Crippen molar-refractivity contribution in [2.24, 2.45) is 0 Å².